The quantitative estimate of drug-likeness (QED) is 0.519. The maximum absolute atomic E-state index is 13.4. The summed E-state index contributed by atoms with van der Waals surface area (Å²) in [7, 11) is -2.42. The minimum atomic E-state index is -3.93. The van der Waals surface area contributed by atoms with Crippen molar-refractivity contribution in [3.63, 3.8) is 0 Å². The molecule has 1 heterocycles. The molecule has 33 heavy (non-hydrogen) atoms. The average Bonchev–Trinajstić information content (AvgIpc) is 2.84. The first kappa shape index (κ1) is 24.7. The van der Waals surface area contributed by atoms with Crippen LogP contribution in [-0.4, -0.2) is 62.9 Å². The van der Waals surface area contributed by atoms with Crippen LogP contribution < -0.4 is 4.74 Å². The molecule has 8 nitrogen and oxygen atoms in total. The zero-order valence-corrected chi connectivity index (χ0v) is 19.8. The van der Waals surface area contributed by atoms with Crippen LogP contribution in [0.1, 0.15) is 25.3 Å². The Morgan fingerprint density at radius 2 is 1.67 bits per heavy atom. The highest BCUT2D eigenvalue weighted by molar-refractivity contribution is 7.89. The fraction of sp³-hybridized carbons (Fsp3) is 0.417. The molecule has 1 aliphatic heterocycles. The number of carbonyl (C=O) groups is 2. The molecule has 0 spiro atoms. The van der Waals surface area contributed by atoms with Gasteiger partial charge in [0.05, 0.1) is 31.1 Å². The molecule has 0 aromatic heterocycles. The highest BCUT2D eigenvalue weighted by atomic mass is 32.2. The van der Waals surface area contributed by atoms with Crippen molar-refractivity contribution in [2.75, 3.05) is 33.4 Å². The standard InChI is InChI=1S/C24H30N2O6S/c1-3-32-24(28)20-13-15-25(16-14-20)23(27)18-26(17-19-7-5-4-6-8-19)33(29,30)22-11-9-21(31-2)10-12-22/h4-12,20H,3,13-18H2,1-2H3. The van der Waals surface area contributed by atoms with Crippen molar-refractivity contribution >= 4 is 21.9 Å². The van der Waals surface area contributed by atoms with Gasteiger partial charge in [-0.15, -0.1) is 0 Å². The molecule has 0 radical (unpaired) electrons. The van der Waals surface area contributed by atoms with Crippen molar-refractivity contribution in [2.45, 2.75) is 31.2 Å². The monoisotopic (exact) mass is 474 g/mol. The Bertz CT molecular complexity index is 1030. The molecular weight excluding hydrogens is 444 g/mol. The van der Waals surface area contributed by atoms with Gasteiger partial charge >= 0.3 is 5.97 Å². The van der Waals surface area contributed by atoms with E-state index in [0.717, 1.165) is 5.56 Å². The van der Waals surface area contributed by atoms with Crippen molar-refractivity contribution < 1.29 is 27.5 Å². The van der Waals surface area contributed by atoms with Crippen LogP contribution in [0.3, 0.4) is 0 Å². The van der Waals surface area contributed by atoms with Gasteiger partial charge in [-0.2, -0.15) is 4.31 Å². The number of sulfonamides is 1. The summed E-state index contributed by atoms with van der Waals surface area (Å²) in [5.74, 6) is -0.204. The van der Waals surface area contributed by atoms with Crippen molar-refractivity contribution in [1.29, 1.82) is 0 Å². The Morgan fingerprint density at radius 3 is 2.24 bits per heavy atom. The maximum atomic E-state index is 13.4. The summed E-state index contributed by atoms with van der Waals surface area (Å²) in [6.45, 7) is 2.67. The van der Waals surface area contributed by atoms with Crippen molar-refractivity contribution in [3.8, 4) is 5.75 Å². The normalized spacial score (nSPS) is 14.8. The molecule has 178 valence electrons. The summed E-state index contributed by atoms with van der Waals surface area (Å²) in [5, 5.41) is 0. The predicted molar refractivity (Wildman–Crippen MR) is 123 cm³/mol. The van der Waals surface area contributed by atoms with Gasteiger partial charge in [-0.1, -0.05) is 30.3 Å². The van der Waals surface area contributed by atoms with Gasteiger partial charge in [-0.3, -0.25) is 9.59 Å². The highest BCUT2D eigenvalue weighted by Gasteiger charge is 2.32. The number of methoxy groups -OCH3 is 1. The molecule has 9 heteroatoms. The lowest BCUT2D eigenvalue weighted by molar-refractivity contribution is -0.151. The Kier molecular flexibility index (Phi) is 8.46. The van der Waals surface area contributed by atoms with Crippen LogP contribution >= 0.6 is 0 Å². The van der Waals surface area contributed by atoms with E-state index >= 15 is 0 Å². The molecular formula is C24H30N2O6S. The first-order valence-electron chi connectivity index (χ1n) is 11.0. The zero-order valence-electron chi connectivity index (χ0n) is 19.0. The number of hydrogen-bond donors (Lipinski definition) is 0. The summed E-state index contributed by atoms with van der Waals surface area (Å²) in [5.41, 5.74) is 0.781. The SMILES string of the molecule is CCOC(=O)C1CCN(C(=O)CN(Cc2ccccc2)S(=O)(=O)c2ccc(OC)cc2)CC1. The third kappa shape index (κ3) is 6.33. The molecule has 2 aromatic rings. The molecule has 2 aromatic carbocycles. The average molecular weight is 475 g/mol. The fourth-order valence-corrected chi connectivity index (χ4v) is 5.16. The van der Waals surface area contributed by atoms with E-state index in [1.165, 1.54) is 23.5 Å². The Hall–Kier alpha value is -2.91. The molecule has 1 aliphatic rings. The molecule has 0 unspecified atom stereocenters. The number of rotatable bonds is 9. The topological polar surface area (TPSA) is 93.2 Å². The molecule has 0 N–H and O–H groups in total. The van der Waals surface area contributed by atoms with Gasteiger partial charge < -0.3 is 14.4 Å². The highest BCUT2D eigenvalue weighted by Crippen LogP contribution is 2.23. The van der Waals surface area contributed by atoms with Crippen LogP contribution in [0.4, 0.5) is 0 Å². The number of piperidine rings is 1. The second-order valence-corrected chi connectivity index (χ2v) is 9.78. The lowest BCUT2D eigenvalue weighted by atomic mass is 9.97. The lowest BCUT2D eigenvalue weighted by Crippen LogP contribution is -2.46. The minimum Gasteiger partial charge on any atom is -0.497 e. The summed E-state index contributed by atoms with van der Waals surface area (Å²) in [4.78, 5) is 26.7. The predicted octanol–water partition coefficient (Wildman–Crippen LogP) is 2.69. The van der Waals surface area contributed by atoms with E-state index in [9.17, 15) is 18.0 Å². The number of carbonyl (C=O) groups excluding carboxylic acids is 2. The fourth-order valence-electron chi connectivity index (χ4n) is 3.79. The largest absolute Gasteiger partial charge is 0.497 e. The third-order valence-electron chi connectivity index (χ3n) is 5.68. The third-order valence-corrected chi connectivity index (χ3v) is 7.48. The molecule has 1 amide bonds. The number of nitrogens with zero attached hydrogens (tertiary/aromatic N) is 2. The minimum absolute atomic E-state index is 0.0697. The van der Waals surface area contributed by atoms with Crippen molar-refractivity contribution in [3.05, 3.63) is 60.2 Å². The van der Waals surface area contributed by atoms with Crippen molar-refractivity contribution in [1.82, 2.24) is 9.21 Å². The van der Waals surface area contributed by atoms with E-state index in [1.54, 1.807) is 24.0 Å². The first-order valence-corrected chi connectivity index (χ1v) is 12.4. The van der Waals surface area contributed by atoms with E-state index in [0.29, 0.717) is 38.3 Å². The van der Waals surface area contributed by atoms with Crippen LogP contribution in [0, 0.1) is 5.92 Å². The molecule has 0 bridgehead atoms. The van der Waals surface area contributed by atoms with Gasteiger partial charge in [0.1, 0.15) is 5.75 Å². The molecule has 3 rings (SSSR count). The summed E-state index contributed by atoms with van der Waals surface area (Å²) >= 11 is 0. The Morgan fingerprint density at radius 1 is 1.03 bits per heavy atom. The van der Waals surface area contributed by atoms with E-state index in [4.69, 9.17) is 9.47 Å². The zero-order chi connectivity index (χ0) is 23.8. The lowest BCUT2D eigenvalue weighted by Gasteiger charge is -2.32. The Balaban J connectivity index is 1.75. The van der Waals surface area contributed by atoms with Gasteiger partial charge in [-0.25, -0.2) is 8.42 Å². The molecule has 0 atom stereocenters. The van der Waals surface area contributed by atoms with Gasteiger partial charge in [0.15, 0.2) is 0 Å². The van der Waals surface area contributed by atoms with Crippen LogP contribution in [0.15, 0.2) is 59.5 Å². The number of benzene rings is 2. The number of ether oxygens (including phenoxy) is 2. The first-order chi connectivity index (χ1) is 15.8. The smallest absolute Gasteiger partial charge is 0.309 e. The van der Waals surface area contributed by atoms with Crippen LogP contribution in [0.2, 0.25) is 0 Å². The van der Waals surface area contributed by atoms with Gasteiger partial charge in [-0.05, 0) is 49.6 Å². The van der Waals surface area contributed by atoms with Gasteiger partial charge in [0, 0.05) is 19.6 Å². The second kappa shape index (κ2) is 11.3. The van der Waals surface area contributed by atoms with E-state index in [2.05, 4.69) is 0 Å². The van der Waals surface area contributed by atoms with Crippen molar-refractivity contribution in [2.24, 2.45) is 5.92 Å². The van der Waals surface area contributed by atoms with Gasteiger partial charge in [0.25, 0.3) is 0 Å². The van der Waals surface area contributed by atoms with E-state index in [1.807, 2.05) is 30.3 Å². The van der Waals surface area contributed by atoms with E-state index in [-0.39, 0.29) is 35.8 Å². The summed E-state index contributed by atoms with van der Waals surface area (Å²) < 4.78 is 38.2. The maximum Gasteiger partial charge on any atom is 0.309 e. The number of esters is 1. The Labute approximate surface area is 195 Å². The molecule has 0 saturated carbocycles. The molecule has 1 saturated heterocycles. The second-order valence-electron chi connectivity index (χ2n) is 7.84. The summed E-state index contributed by atoms with van der Waals surface area (Å²) in [6.07, 6.45) is 1.02. The molecule has 0 aliphatic carbocycles. The van der Waals surface area contributed by atoms with Gasteiger partial charge in [0.2, 0.25) is 15.9 Å². The number of hydrogen-bond acceptors (Lipinski definition) is 6. The van der Waals surface area contributed by atoms with Crippen LogP contribution in [-0.2, 0) is 30.9 Å². The van der Waals surface area contributed by atoms with Crippen LogP contribution in [0.25, 0.3) is 0 Å². The molecule has 1 fully saturated rings. The van der Waals surface area contributed by atoms with Crippen LogP contribution in [0.5, 0.6) is 5.75 Å². The number of likely N-dealkylation sites (tertiary alicyclic amines) is 1. The summed E-state index contributed by atoms with van der Waals surface area (Å²) in [6, 6.07) is 15.3. The number of amides is 1. The van der Waals surface area contributed by atoms with E-state index < -0.39 is 10.0 Å².